The lowest BCUT2D eigenvalue weighted by Gasteiger charge is -2.33. The van der Waals surface area contributed by atoms with Gasteiger partial charge in [0.05, 0.1) is 10.7 Å². The molecule has 1 heterocycles. The summed E-state index contributed by atoms with van der Waals surface area (Å²) in [5.74, 6) is -0.323. The van der Waals surface area contributed by atoms with E-state index >= 15 is 0 Å². The molecule has 1 aliphatic rings. The van der Waals surface area contributed by atoms with Crippen LogP contribution in [0.25, 0.3) is 0 Å². The lowest BCUT2D eigenvalue weighted by atomic mass is 10.2. The number of piperazine rings is 1. The van der Waals surface area contributed by atoms with E-state index < -0.39 is 16.1 Å². The molecule has 1 saturated heterocycles. The number of hydrogen-bond donors (Lipinski definition) is 2. The number of rotatable bonds is 3. The molecule has 1 amide bonds. The Hall–Kier alpha value is -1.02. The molecule has 1 atom stereocenters. The van der Waals surface area contributed by atoms with Crippen LogP contribution in [0.2, 0.25) is 10.0 Å². The molecule has 0 saturated carbocycles. The maximum Gasteiger partial charge on any atom is 0.247 e. The third-order valence-corrected chi connectivity index (χ3v) is 5.93. The van der Waals surface area contributed by atoms with E-state index in [9.17, 15) is 13.2 Å². The average Bonchev–Trinajstić information content (AvgIpc) is 2.36. The first kappa shape index (κ1) is 16.4. The summed E-state index contributed by atoms with van der Waals surface area (Å²) in [6.45, 7) is 2.16. The molecule has 0 radical (unpaired) electrons. The highest BCUT2D eigenvalue weighted by molar-refractivity contribution is 7.89. The van der Waals surface area contributed by atoms with Gasteiger partial charge in [-0.1, -0.05) is 30.1 Å². The van der Waals surface area contributed by atoms with Crippen molar-refractivity contribution >= 4 is 44.8 Å². The molecule has 0 spiro atoms. The van der Waals surface area contributed by atoms with Crippen molar-refractivity contribution in [3.8, 4) is 0 Å². The number of nitrogens with one attached hydrogen (secondary N) is 1. The Bertz CT molecular complexity index is 655. The summed E-state index contributed by atoms with van der Waals surface area (Å²) in [5.41, 5.74) is 5.73. The molecule has 1 aliphatic heterocycles. The molecule has 21 heavy (non-hydrogen) atoms. The number of carbonyl (C=O) groups is 1. The van der Waals surface area contributed by atoms with Gasteiger partial charge in [0, 0.05) is 18.1 Å². The number of benzene rings is 1. The van der Waals surface area contributed by atoms with Crippen LogP contribution in [0.1, 0.15) is 13.3 Å². The summed E-state index contributed by atoms with van der Waals surface area (Å²) < 4.78 is 26.7. The number of nitrogen functional groups attached to an aromatic ring is 1. The van der Waals surface area contributed by atoms with Gasteiger partial charge in [-0.25, -0.2) is 8.42 Å². The summed E-state index contributed by atoms with van der Waals surface area (Å²) in [6.07, 6.45) is 0.357. The minimum atomic E-state index is -3.98. The zero-order valence-corrected chi connectivity index (χ0v) is 13.6. The molecular formula is C12H15Cl2N3O3S. The smallest absolute Gasteiger partial charge is 0.247 e. The maximum absolute atomic E-state index is 12.8. The van der Waals surface area contributed by atoms with Crippen LogP contribution in [0.5, 0.6) is 0 Å². The van der Waals surface area contributed by atoms with E-state index in [2.05, 4.69) is 5.32 Å². The molecule has 116 valence electrons. The summed E-state index contributed by atoms with van der Waals surface area (Å²) >= 11 is 11.8. The molecule has 1 unspecified atom stereocenters. The second-order valence-corrected chi connectivity index (χ2v) is 7.31. The molecule has 0 bridgehead atoms. The standard InChI is InChI=1S/C12H15Cl2N3O3S/c1-2-10-12(18)16-3-4-17(10)21(19,20)11-8(14)5-7(13)6-9(11)15/h5-6,10H,2-4,15H2,1H3,(H,16,18). The van der Waals surface area contributed by atoms with Crippen molar-refractivity contribution in [1.29, 1.82) is 0 Å². The van der Waals surface area contributed by atoms with Gasteiger partial charge in [0.2, 0.25) is 15.9 Å². The van der Waals surface area contributed by atoms with Crippen LogP contribution in [-0.2, 0) is 14.8 Å². The second kappa shape index (κ2) is 6.00. The van der Waals surface area contributed by atoms with E-state index in [1.54, 1.807) is 6.92 Å². The molecule has 3 N–H and O–H groups in total. The molecule has 1 fully saturated rings. The Kier molecular flexibility index (Phi) is 4.67. The largest absolute Gasteiger partial charge is 0.398 e. The molecule has 0 aromatic heterocycles. The monoisotopic (exact) mass is 351 g/mol. The van der Waals surface area contributed by atoms with E-state index in [0.717, 1.165) is 4.31 Å². The molecule has 2 rings (SSSR count). The van der Waals surface area contributed by atoms with Gasteiger partial charge >= 0.3 is 0 Å². The van der Waals surface area contributed by atoms with Crippen molar-refractivity contribution in [1.82, 2.24) is 9.62 Å². The van der Waals surface area contributed by atoms with Gasteiger partial charge in [-0.05, 0) is 18.6 Å². The Morgan fingerprint density at radius 1 is 1.43 bits per heavy atom. The predicted octanol–water partition coefficient (Wildman–Crippen LogP) is 1.47. The lowest BCUT2D eigenvalue weighted by molar-refractivity contribution is -0.126. The van der Waals surface area contributed by atoms with Gasteiger partial charge < -0.3 is 11.1 Å². The van der Waals surface area contributed by atoms with Gasteiger partial charge in [-0.15, -0.1) is 0 Å². The number of amides is 1. The predicted molar refractivity (Wildman–Crippen MR) is 81.9 cm³/mol. The van der Waals surface area contributed by atoms with Crippen LogP contribution in [0.15, 0.2) is 17.0 Å². The molecule has 0 aliphatic carbocycles. The molecule has 6 nitrogen and oxygen atoms in total. The Balaban J connectivity index is 2.54. The minimum Gasteiger partial charge on any atom is -0.398 e. The number of anilines is 1. The van der Waals surface area contributed by atoms with Crippen LogP contribution in [0.3, 0.4) is 0 Å². The zero-order chi connectivity index (χ0) is 15.8. The SMILES string of the molecule is CCC1C(=O)NCCN1S(=O)(=O)c1c(N)cc(Cl)cc1Cl. The fourth-order valence-electron chi connectivity index (χ4n) is 2.34. The topological polar surface area (TPSA) is 92.5 Å². The summed E-state index contributed by atoms with van der Waals surface area (Å²) in [6, 6.07) is 1.87. The number of nitrogens with two attached hydrogens (primary N) is 1. The number of carbonyl (C=O) groups excluding carboxylic acids is 1. The van der Waals surface area contributed by atoms with Gasteiger partial charge in [0.15, 0.2) is 0 Å². The fourth-order valence-corrected chi connectivity index (χ4v) is 4.95. The van der Waals surface area contributed by atoms with Crippen molar-refractivity contribution < 1.29 is 13.2 Å². The molecular weight excluding hydrogens is 337 g/mol. The van der Waals surface area contributed by atoms with Crippen LogP contribution in [0, 0.1) is 0 Å². The maximum atomic E-state index is 12.8. The van der Waals surface area contributed by atoms with Gasteiger partial charge in [-0.3, -0.25) is 4.79 Å². The van der Waals surface area contributed by atoms with E-state index in [1.807, 2.05) is 0 Å². The Morgan fingerprint density at radius 3 is 2.67 bits per heavy atom. The average molecular weight is 352 g/mol. The lowest BCUT2D eigenvalue weighted by Crippen LogP contribution is -2.56. The quantitative estimate of drug-likeness (QED) is 0.806. The van der Waals surface area contributed by atoms with E-state index in [4.69, 9.17) is 28.9 Å². The number of halogens is 2. The van der Waals surface area contributed by atoms with Crippen molar-refractivity contribution in [2.24, 2.45) is 0 Å². The van der Waals surface area contributed by atoms with Gasteiger partial charge in [0.25, 0.3) is 0 Å². The van der Waals surface area contributed by atoms with Gasteiger partial charge in [0.1, 0.15) is 10.9 Å². The van der Waals surface area contributed by atoms with Crippen molar-refractivity contribution in [2.45, 2.75) is 24.3 Å². The highest BCUT2D eigenvalue weighted by Gasteiger charge is 2.39. The Morgan fingerprint density at radius 2 is 2.10 bits per heavy atom. The van der Waals surface area contributed by atoms with E-state index in [-0.39, 0.29) is 39.6 Å². The third kappa shape index (κ3) is 2.96. The summed E-state index contributed by atoms with van der Waals surface area (Å²) in [5, 5.41) is 2.84. The van der Waals surface area contributed by atoms with Crippen molar-refractivity contribution in [3.05, 3.63) is 22.2 Å². The molecule has 1 aromatic carbocycles. The second-order valence-electron chi connectivity index (χ2n) is 4.64. The first-order valence-electron chi connectivity index (χ1n) is 6.33. The minimum absolute atomic E-state index is 0.0339. The van der Waals surface area contributed by atoms with E-state index in [1.165, 1.54) is 12.1 Å². The zero-order valence-electron chi connectivity index (χ0n) is 11.3. The van der Waals surface area contributed by atoms with Gasteiger partial charge in [-0.2, -0.15) is 4.31 Å². The third-order valence-electron chi connectivity index (χ3n) is 3.27. The highest BCUT2D eigenvalue weighted by Crippen LogP contribution is 2.34. The number of hydrogen-bond acceptors (Lipinski definition) is 4. The van der Waals surface area contributed by atoms with E-state index in [0.29, 0.717) is 6.42 Å². The van der Waals surface area contributed by atoms with Crippen LogP contribution in [-0.4, -0.2) is 37.8 Å². The number of nitrogens with zero attached hydrogens (tertiary/aromatic N) is 1. The highest BCUT2D eigenvalue weighted by atomic mass is 35.5. The summed E-state index contributed by atoms with van der Waals surface area (Å²) in [4.78, 5) is 11.6. The first-order chi connectivity index (χ1) is 9.78. The molecule has 9 heteroatoms. The first-order valence-corrected chi connectivity index (χ1v) is 8.52. The molecule has 1 aromatic rings. The normalized spacial score (nSPS) is 20.3. The number of sulfonamides is 1. The summed E-state index contributed by atoms with van der Waals surface area (Å²) in [7, 11) is -3.98. The van der Waals surface area contributed by atoms with Crippen LogP contribution in [0.4, 0.5) is 5.69 Å². The fraction of sp³-hybridized carbons (Fsp3) is 0.417. The Labute approximate surface area is 133 Å². The van der Waals surface area contributed by atoms with Crippen LogP contribution < -0.4 is 11.1 Å². The van der Waals surface area contributed by atoms with Crippen molar-refractivity contribution in [3.63, 3.8) is 0 Å². The van der Waals surface area contributed by atoms with Crippen LogP contribution >= 0.6 is 23.2 Å². The van der Waals surface area contributed by atoms with Crippen molar-refractivity contribution in [2.75, 3.05) is 18.8 Å².